The van der Waals surface area contributed by atoms with Gasteiger partial charge in [-0.2, -0.15) is 0 Å². The van der Waals surface area contributed by atoms with Crippen molar-refractivity contribution in [3.63, 3.8) is 0 Å². The Balaban J connectivity index is 1.56. The standard InChI is InChI=1S/C25H37N11O2/c1-17(2)15-36-23-20(29-25(36)35-7-5-33(6-8-35)19(37)16-32(3)4)22(34-9-11-38-12-10-34)30-21(31-23)18-13-27-24(26)28-14-18/h13-14,17H,5-12,15-16H2,1-4H3,(H2,26,27,28). The van der Waals surface area contributed by atoms with Crippen molar-refractivity contribution >= 4 is 34.8 Å². The van der Waals surface area contributed by atoms with Crippen molar-refractivity contribution in [2.24, 2.45) is 5.92 Å². The zero-order chi connectivity index (χ0) is 26.8. The molecule has 2 fully saturated rings. The molecular formula is C25H37N11O2. The van der Waals surface area contributed by atoms with E-state index in [1.54, 1.807) is 12.4 Å². The van der Waals surface area contributed by atoms with E-state index in [1.165, 1.54) is 0 Å². The highest BCUT2D eigenvalue weighted by Gasteiger charge is 2.29. The molecule has 204 valence electrons. The Bertz CT molecular complexity index is 1260. The van der Waals surface area contributed by atoms with E-state index in [4.69, 9.17) is 25.4 Å². The number of hydrogen-bond donors (Lipinski definition) is 1. The van der Waals surface area contributed by atoms with Crippen LogP contribution in [0.5, 0.6) is 0 Å². The van der Waals surface area contributed by atoms with E-state index in [9.17, 15) is 4.79 Å². The number of carbonyl (C=O) groups excluding carboxylic acids is 1. The van der Waals surface area contributed by atoms with Crippen molar-refractivity contribution < 1.29 is 9.53 Å². The Kier molecular flexibility index (Phi) is 7.56. The van der Waals surface area contributed by atoms with Crippen molar-refractivity contribution in [3.05, 3.63) is 12.4 Å². The number of anilines is 3. The molecule has 0 saturated carbocycles. The summed E-state index contributed by atoms with van der Waals surface area (Å²) in [6, 6.07) is 0. The minimum absolute atomic E-state index is 0.154. The summed E-state index contributed by atoms with van der Waals surface area (Å²) in [5.74, 6) is 2.92. The lowest BCUT2D eigenvalue weighted by atomic mass is 10.2. The monoisotopic (exact) mass is 523 g/mol. The lowest BCUT2D eigenvalue weighted by Crippen LogP contribution is -2.51. The molecule has 0 radical (unpaired) electrons. The number of nitrogen functional groups attached to an aromatic ring is 1. The van der Waals surface area contributed by atoms with Gasteiger partial charge in [-0.1, -0.05) is 13.8 Å². The number of nitrogens with zero attached hydrogens (tertiary/aromatic N) is 10. The van der Waals surface area contributed by atoms with Crippen LogP contribution in [0.1, 0.15) is 13.8 Å². The van der Waals surface area contributed by atoms with Crippen molar-refractivity contribution in [3.8, 4) is 11.4 Å². The Labute approximate surface area is 222 Å². The van der Waals surface area contributed by atoms with Crippen LogP contribution in [-0.2, 0) is 16.1 Å². The molecule has 13 nitrogen and oxygen atoms in total. The number of hydrogen-bond acceptors (Lipinski definition) is 11. The van der Waals surface area contributed by atoms with E-state index in [0.717, 1.165) is 42.6 Å². The van der Waals surface area contributed by atoms with Gasteiger partial charge in [-0.25, -0.2) is 24.9 Å². The third-order valence-electron chi connectivity index (χ3n) is 6.71. The predicted octanol–water partition coefficient (Wildman–Crippen LogP) is 0.568. The fourth-order valence-electron chi connectivity index (χ4n) is 4.85. The summed E-state index contributed by atoms with van der Waals surface area (Å²) in [7, 11) is 3.83. The summed E-state index contributed by atoms with van der Waals surface area (Å²) in [4.78, 5) is 44.3. The predicted molar refractivity (Wildman–Crippen MR) is 146 cm³/mol. The van der Waals surface area contributed by atoms with E-state index in [1.807, 2.05) is 23.9 Å². The van der Waals surface area contributed by atoms with Gasteiger partial charge >= 0.3 is 0 Å². The van der Waals surface area contributed by atoms with E-state index in [0.29, 0.717) is 63.2 Å². The van der Waals surface area contributed by atoms with Crippen LogP contribution in [0, 0.1) is 5.92 Å². The minimum atomic E-state index is 0.154. The first-order valence-corrected chi connectivity index (χ1v) is 13.2. The molecule has 2 saturated heterocycles. The van der Waals surface area contributed by atoms with Crippen LogP contribution < -0.4 is 15.5 Å². The second-order valence-corrected chi connectivity index (χ2v) is 10.5. The van der Waals surface area contributed by atoms with Crippen LogP contribution in [0.2, 0.25) is 0 Å². The van der Waals surface area contributed by atoms with Gasteiger partial charge in [0.1, 0.15) is 0 Å². The lowest BCUT2D eigenvalue weighted by molar-refractivity contribution is -0.132. The lowest BCUT2D eigenvalue weighted by Gasteiger charge is -2.36. The van der Waals surface area contributed by atoms with Gasteiger partial charge in [-0.05, 0) is 20.0 Å². The summed E-state index contributed by atoms with van der Waals surface area (Å²) in [6.07, 6.45) is 3.31. The van der Waals surface area contributed by atoms with Crippen molar-refractivity contribution in [1.29, 1.82) is 0 Å². The van der Waals surface area contributed by atoms with Gasteiger partial charge in [0.2, 0.25) is 17.8 Å². The fourth-order valence-corrected chi connectivity index (χ4v) is 4.85. The third-order valence-corrected chi connectivity index (χ3v) is 6.71. The molecule has 0 atom stereocenters. The van der Waals surface area contributed by atoms with Crippen LogP contribution in [0.15, 0.2) is 12.4 Å². The maximum Gasteiger partial charge on any atom is 0.236 e. The first kappa shape index (κ1) is 26.0. The summed E-state index contributed by atoms with van der Waals surface area (Å²) < 4.78 is 7.80. The Morgan fingerprint density at radius 3 is 2.32 bits per heavy atom. The number of morpholine rings is 1. The van der Waals surface area contributed by atoms with Crippen LogP contribution in [0.25, 0.3) is 22.6 Å². The number of rotatable bonds is 7. The molecule has 5 rings (SSSR count). The molecule has 0 unspecified atom stereocenters. The molecule has 5 heterocycles. The summed E-state index contributed by atoms with van der Waals surface area (Å²) in [5.41, 5.74) is 7.98. The summed E-state index contributed by atoms with van der Waals surface area (Å²) >= 11 is 0. The fraction of sp³-hybridized carbons (Fsp3) is 0.600. The number of imidazole rings is 1. The van der Waals surface area contributed by atoms with Gasteiger partial charge in [0, 0.05) is 58.2 Å². The number of aromatic nitrogens is 6. The van der Waals surface area contributed by atoms with Gasteiger partial charge in [0.05, 0.1) is 25.3 Å². The Morgan fingerprint density at radius 1 is 1.00 bits per heavy atom. The molecule has 38 heavy (non-hydrogen) atoms. The molecule has 0 bridgehead atoms. The van der Waals surface area contributed by atoms with Crippen molar-refractivity contribution in [1.82, 2.24) is 39.3 Å². The highest BCUT2D eigenvalue weighted by Crippen LogP contribution is 2.32. The van der Waals surface area contributed by atoms with Gasteiger partial charge in [-0.15, -0.1) is 0 Å². The van der Waals surface area contributed by atoms with Crippen molar-refractivity contribution in [2.75, 3.05) is 88.7 Å². The van der Waals surface area contributed by atoms with Crippen LogP contribution >= 0.6 is 0 Å². The van der Waals surface area contributed by atoms with E-state index in [2.05, 4.69) is 38.2 Å². The number of carbonyl (C=O) groups is 1. The summed E-state index contributed by atoms with van der Waals surface area (Å²) in [5, 5.41) is 0. The highest BCUT2D eigenvalue weighted by atomic mass is 16.5. The second kappa shape index (κ2) is 11.0. The maximum absolute atomic E-state index is 12.6. The van der Waals surface area contributed by atoms with Crippen LogP contribution in [0.4, 0.5) is 17.7 Å². The van der Waals surface area contributed by atoms with Gasteiger partial charge in [-0.3, -0.25) is 9.36 Å². The molecule has 0 aliphatic carbocycles. The average Bonchev–Trinajstić information content (AvgIpc) is 3.26. The first-order valence-electron chi connectivity index (χ1n) is 13.2. The van der Waals surface area contributed by atoms with Crippen LogP contribution in [-0.4, -0.2) is 118 Å². The number of amides is 1. The van der Waals surface area contributed by atoms with E-state index < -0.39 is 0 Å². The molecular weight excluding hydrogens is 486 g/mol. The third kappa shape index (κ3) is 5.48. The molecule has 13 heteroatoms. The normalized spacial score (nSPS) is 16.7. The molecule has 2 aliphatic rings. The van der Waals surface area contributed by atoms with Gasteiger partial charge in [0.25, 0.3) is 0 Å². The van der Waals surface area contributed by atoms with E-state index >= 15 is 0 Å². The van der Waals surface area contributed by atoms with Gasteiger partial charge in [0.15, 0.2) is 22.8 Å². The molecule has 0 aromatic carbocycles. The minimum Gasteiger partial charge on any atom is -0.378 e. The number of fused-ring (bicyclic) bond motifs is 1. The topological polar surface area (TPSA) is 135 Å². The number of ether oxygens (including phenoxy) is 1. The second-order valence-electron chi connectivity index (χ2n) is 10.5. The Hall–Kier alpha value is -3.58. The molecule has 3 aromatic heterocycles. The van der Waals surface area contributed by atoms with Crippen LogP contribution in [0.3, 0.4) is 0 Å². The average molecular weight is 524 g/mol. The maximum atomic E-state index is 12.6. The molecule has 2 N–H and O–H groups in total. The number of likely N-dealkylation sites (N-methyl/N-ethyl adjacent to an activating group) is 1. The first-order chi connectivity index (χ1) is 18.3. The highest BCUT2D eigenvalue weighted by molar-refractivity contribution is 5.88. The van der Waals surface area contributed by atoms with E-state index in [-0.39, 0.29) is 11.9 Å². The Morgan fingerprint density at radius 2 is 1.68 bits per heavy atom. The zero-order valence-electron chi connectivity index (χ0n) is 22.7. The molecule has 1 amide bonds. The zero-order valence-corrected chi connectivity index (χ0v) is 22.7. The molecule has 2 aliphatic heterocycles. The largest absolute Gasteiger partial charge is 0.378 e. The SMILES string of the molecule is CC(C)Cn1c(N2CCN(C(=O)CN(C)C)CC2)nc2c(N3CCOCC3)nc(-c3cnc(N)nc3)nc21. The number of nitrogens with two attached hydrogens (primary N) is 1. The molecule has 3 aromatic rings. The number of piperazine rings is 1. The smallest absolute Gasteiger partial charge is 0.236 e. The molecule has 0 spiro atoms. The van der Waals surface area contributed by atoms with Gasteiger partial charge < -0.3 is 30.1 Å². The van der Waals surface area contributed by atoms with Crippen molar-refractivity contribution in [2.45, 2.75) is 20.4 Å². The quantitative estimate of drug-likeness (QED) is 0.466. The summed E-state index contributed by atoms with van der Waals surface area (Å²) in [6.45, 7) is 11.0.